The molecule has 0 saturated carbocycles. The first kappa shape index (κ1) is 11.0. The molecule has 80 valence electrons. The third kappa shape index (κ3) is 2.23. The van der Waals surface area contributed by atoms with E-state index >= 15 is 0 Å². The molecule has 1 rings (SSSR count). The van der Waals surface area contributed by atoms with Gasteiger partial charge in [-0.05, 0) is 5.41 Å². The minimum Gasteiger partial charge on any atom is -0.326 e. The normalized spacial score (nSPS) is 14.4. The molecule has 0 spiro atoms. The molecule has 1 atom stereocenters. The van der Waals surface area contributed by atoms with Crippen molar-refractivity contribution < 1.29 is 0 Å². The van der Waals surface area contributed by atoms with Crippen molar-refractivity contribution in [2.24, 2.45) is 18.2 Å². The van der Waals surface area contributed by atoms with E-state index in [2.05, 4.69) is 5.10 Å². The number of aryl methyl sites for hydroxylation is 1. The maximum absolute atomic E-state index is 11.4. The summed E-state index contributed by atoms with van der Waals surface area (Å²) in [5.41, 5.74) is 5.81. The Morgan fingerprint density at radius 3 is 2.50 bits per heavy atom. The molecular formula is C9H18N4O. The van der Waals surface area contributed by atoms with Crippen molar-refractivity contribution in [2.75, 3.05) is 0 Å². The highest BCUT2D eigenvalue weighted by Gasteiger charge is 2.21. The van der Waals surface area contributed by atoms with E-state index in [0.717, 1.165) is 0 Å². The Kier molecular flexibility index (Phi) is 2.80. The Hall–Kier alpha value is -1.10. The molecule has 14 heavy (non-hydrogen) atoms. The average molecular weight is 198 g/mol. The van der Waals surface area contributed by atoms with Gasteiger partial charge in [-0.1, -0.05) is 20.8 Å². The highest BCUT2D eigenvalue weighted by Crippen LogP contribution is 2.17. The molecule has 5 nitrogen and oxygen atoms in total. The zero-order valence-corrected chi connectivity index (χ0v) is 9.19. The minimum atomic E-state index is -0.121. The van der Waals surface area contributed by atoms with Gasteiger partial charge in [-0.2, -0.15) is 5.10 Å². The molecule has 1 unspecified atom stereocenters. The van der Waals surface area contributed by atoms with Crippen molar-refractivity contribution in [3.05, 3.63) is 16.8 Å². The van der Waals surface area contributed by atoms with E-state index in [1.54, 1.807) is 7.05 Å². The van der Waals surface area contributed by atoms with Crippen LogP contribution < -0.4 is 11.4 Å². The van der Waals surface area contributed by atoms with E-state index in [1.165, 1.54) is 15.6 Å². The highest BCUT2D eigenvalue weighted by atomic mass is 16.2. The molecule has 0 aromatic carbocycles. The predicted octanol–water partition coefficient (Wildman–Crippen LogP) is -0.0448. The second-order valence-electron chi connectivity index (χ2n) is 4.68. The summed E-state index contributed by atoms with van der Waals surface area (Å²) < 4.78 is 2.84. The Labute approximate surface area is 83.5 Å². The quantitative estimate of drug-likeness (QED) is 0.725. The van der Waals surface area contributed by atoms with Gasteiger partial charge in [0.15, 0.2) is 0 Å². The lowest BCUT2D eigenvalue weighted by atomic mass is 9.87. The first-order chi connectivity index (χ1) is 6.32. The van der Waals surface area contributed by atoms with Crippen molar-refractivity contribution in [3.63, 3.8) is 0 Å². The van der Waals surface area contributed by atoms with Gasteiger partial charge in [-0.25, -0.2) is 9.48 Å². The van der Waals surface area contributed by atoms with Crippen LogP contribution in [0.1, 0.15) is 20.8 Å². The predicted molar refractivity (Wildman–Crippen MR) is 54.9 cm³/mol. The van der Waals surface area contributed by atoms with Crippen LogP contribution in [0.25, 0.3) is 0 Å². The van der Waals surface area contributed by atoms with Crippen molar-refractivity contribution in [1.29, 1.82) is 0 Å². The van der Waals surface area contributed by atoms with Crippen LogP contribution in [0.2, 0.25) is 0 Å². The van der Waals surface area contributed by atoms with Crippen molar-refractivity contribution >= 4 is 0 Å². The standard InChI is InChI=1S/C9H18N4O/c1-9(2,3)7(10)5-13-8(14)12(4)6-11-13/h6-7H,5,10H2,1-4H3. The summed E-state index contributed by atoms with van der Waals surface area (Å²) in [7, 11) is 1.68. The van der Waals surface area contributed by atoms with Crippen molar-refractivity contribution in [3.8, 4) is 0 Å². The molecule has 0 aliphatic carbocycles. The third-order valence-corrected chi connectivity index (χ3v) is 2.37. The van der Waals surface area contributed by atoms with Gasteiger partial charge in [0.1, 0.15) is 6.33 Å². The molecule has 0 bridgehead atoms. The topological polar surface area (TPSA) is 65.8 Å². The lowest BCUT2D eigenvalue weighted by Crippen LogP contribution is -2.41. The Bertz CT molecular complexity index is 358. The van der Waals surface area contributed by atoms with Gasteiger partial charge in [-0.15, -0.1) is 0 Å². The minimum absolute atomic E-state index is 0.0169. The van der Waals surface area contributed by atoms with Gasteiger partial charge >= 0.3 is 5.69 Å². The molecular weight excluding hydrogens is 180 g/mol. The second kappa shape index (κ2) is 3.57. The van der Waals surface area contributed by atoms with E-state index in [9.17, 15) is 4.79 Å². The molecule has 5 heteroatoms. The van der Waals surface area contributed by atoms with Crippen LogP contribution in [0.4, 0.5) is 0 Å². The molecule has 1 heterocycles. The van der Waals surface area contributed by atoms with E-state index < -0.39 is 0 Å². The molecule has 0 aliphatic heterocycles. The first-order valence-corrected chi connectivity index (χ1v) is 4.66. The zero-order valence-electron chi connectivity index (χ0n) is 9.19. The fourth-order valence-corrected chi connectivity index (χ4v) is 1.01. The summed E-state index contributed by atoms with van der Waals surface area (Å²) in [4.78, 5) is 11.4. The SMILES string of the molecule is Cn1cnn(CC(N)C(C)(C)C)c1=O. The molecule has 2 N–H and O–H groups in total. The van der Waals surface area contributed by atoms with Gasteiger partial charge in [-0.3, -0.25) is 4.57 Å². The molecule has 0 amide bonds. The van der Waals surface area contributed by atoms with E-state index in [0.29, 0.717) is 6.54 Å². The average Bonchev–Trinajstić information content (AvgIpc) is 2.34. The number of hydrogen-bond acceptors (Lipinski definition) is 3. The molecule has 1 aromatic rings. The molecule has 1 aromatic heterocycles. The fourth-order valence-electron chi connectivity index (χ4n) is 1.01. The van der Waals surface area contributed by atoms with Gasteiger partial charge in [0, 0.05) is 13.1 Å². The largest absolute Gasteiger partial charge is 0.345 e. The molecule has 0 saturated heterocycles. The van der Waals surface area contributed by atoms with Crippen molar-refractivity contribution in [2.45, 2.75) is 33.4 Å². The van der Waals surface area contributed by atoms with E-state index in [1.807, 2.05) is 20.8 Å². The Morgan fingerprint density at radius 1 is 1.57 bits per heavy atom. The maximum atomic E-state index is 11.4. The van der Waals surface area contributed by atoms with Crippen molar-refractivity contribution in [1.82, 2.24) is 14.3 Å². The summed E-state index contributed by atoms with van der Waals surface area (Å²) in [6.45, 7) is 6.60. The summed E-state index contributed by atoms with van der Waals surface area (Å²) in [5, 5.41) is 3.96. The lowest BCUT2D eigenvalue weighted by molar-refractivity contribution is 0.280. The second-order valence-corrected chi connectivity index (χ2v) is 4.68. The molecule has 0 fully saturated rings. The highest BCUT2D eigenvalue weighted by molar-refractivity contribution is 4.78. The van der Waals surface area contributed by atoms with Gasteiger partial charge in [0.25, 0.3) is 0 Å². The van der Waals surface area contributed by atoms with Gasteiger partial charge in [0.05, 0.1) is 6.54 Å². The monoisotopic (exact) mass is 198 g/mol. The summed E-state index contributed by atoms with van der Waals surface area (Å²) >= 11 is 0. The number of rotatable bonds is 2. The molecule has 0 aliphatic rings. The smallest absolute Gasteiger partial charge is 0.326 e. The fraction of sp³-hybridized carbons (Fsp3) is 0.778. The van der Waals surface area contributed by atoms with E-state index in [4.69, 9.17) is 5.73 Å². The summed E-state index contributed by atoms with van der Waals surface area (Å²) in [6, 6.07) is -0.0740. The lowest BCUT2D eigenvalue weighted by Gasteiger charge is -2.26. The molecule has 0 radical (unpaired) electrons. The summed E-state index contributed by atoms with van der Waals surface area (Å²) in [5.74, 6) is 0. The van der Waals surface area contributed by atoms with Crippen LogP contribution in [-0.2, 0) is 13.6 Å². The van der Waals surface area contributed by atoms with Gasteiger partial charge in [0.2, 0.25) is 0 Å². The summed E-state index contributed by atoms with van der Waals surface area (Å²) in [6.07, 6.45) is 1.50. The number of nitrogens with two attached hydrogens (primary N) is 1. The third-order valence-electron chi connectivity index (χ3n) is 2.37. The van der Waals surface area contributed by atoms with E-state index in [-0.39, 0.29) is 17.1 Å². The van der Waals surface area contributed by atoms with Gasteiger partial charge < -0.3 is 5.73 Å². The Balaban J connectivity index is 2.80. The van der Waals surface area contributed by atoms with Crippen LogP contribution >= 0.6 is 0 Å². The van der Waals surface area contributed by atoms with Crippen LogP contribution in [-0.4, -0.2) is 20.4 Å². The zero-order chi connectivity index (χ0) is 10.9. The number of hydrogen-bond donors (Lipinski definition) is 1. The number of aromatic nitrogens is 3. The number of nitrogens with zero attached hydrogens (tertiary/aromatic N) is 3. The maximum Gasteiger partial charge on any atom is 0.345 e. The van der Waals surface area contributed by atoms with Crippen LogP contribution in [0.15, 0.2) is 11.1 Å². The first-order valence-electron chi connectivity index (χ1n) is 4.66. The Morgan fingerprint density at radius 2 is 2.14 bits per heavy atom. The van der Waals surface area contributed by atoms with Crippen LogP contribution in [0.3, 0.4) is 0 Å². The van der Waals surface area contributed by atoms with Crippen LogP contribution in [0, 0.1) is 5.41 Å². The van der Waals surface area contributed by atoms with Crippen LogP contribution in [0.5, 0.6) is 0 Å².